The van der Waals surface area contributed by atoms with Gasteiger partial charge in [-0.1, -0.05) is 18.2 Å². The van der Waals surface area contributed by atoms with Crippen LogP contribution in [0.5, 0.6) is 0 Å². The minimum Gasteiger partial charge on any atom is -0.319 e. The highest BCUT2D eigenvalue weighted by Gasteiger charge is 2.49. The lowest BCUT2D eigenvalue weighted by molar-refractivity contribution is -0.130. The molecule has 1 aliphatic carbocycles. The number of hydrogen-bond acceptors (Lipinski definition) is 3. The number of nitrogens with one attached hydrogen (secondary N) is 1. The van der Waals surface area contributed by atoms with Gasteiger partial charge >= 0.3 is 6.03 Å². The van der Waals surface area contributed by atoms with Crippen LogP contribution in [0.4, 0.5) is 9.18 Å². The minimum atomic E-state index is -1.20. The number of urea groups is 1. The van der Waals surface area contributed by atoms with E-state index in [4.69, 9.17) is 0 Å². The maximum atomic E-state index is 13.0. The Kier molecular flexibility index (Phi) is 4.06. The number of carbonyl (C=O) groups is 3. The monoisotopic (exact) mass is 366 g/mol. The van der Waals surface area contributed by atoms with Crippen LogP contribution in [-0.4, -0.2) is 29.2 Å². The first kappa shape index (κ1) is 17.4. The molecule has 0 saturated carbocycles. The number of carbonyl (C=O) groups excluding carboxylic acids is 3. The van der Waals surface area contributed by atoms with Crippen molar-refractivity contribution in [3.63, 3.8) is 0 Å². The number of Topliss-reactive ketones (excluding diaryl/α,β-unsaturated/α-hetero) is 1. The van der Waals surface area contributed by atoms with E-state index in [1.807, 2.05) is 18.2 Å². The van der Waals surface area contributed by atoms with Crippen LogP contribution in [0, 0.1) is 5.82 Å². The maximum absolute atomic E-state index is 13.0. The summed E-state index contributed by atoms with van der Waals surface area (Å²) in [6, 6.07) is 10.3. The summed E-state index contributed by atoms with van der Waals surface area (Å²) < 4.78 is 13.0. The summed E-state index contributed by atoms with van der Waals surface area (Å²) in [5, 5.41) is 2.73. The van der Waals surface area contributed by atoms with Crippen molar-refractivity contribution in [2.24, 2.45) is 0 Å². The van der Waals surface area contributed by atoms with E-state index in [2.05, 4.69) is 5.32 Å². The second-order valence-electron chi connectivity index (χ2n) is 7.21. The molecule has 1 saturated heterocycles. The van der Waals surface area contributed by atoms with Gasteiger partial charge in [-0.3, -0.25) is 14.5 Å². The molecular weight excluding hydrogens is 347 g/mol. The molecule has 6 heteroatoms. The Bertz CT molecular complexity index is 954. The first-order valence-electron chi connectivity index (χ1n) is 8.93. The fourth-order valence-electron chi connectivity index (χ4n) is 3.79. The van der Waals surface area contributed by atoms with Crippen molar-refractivity contribution < 1.29 is 18.8 Å². The summed E-state index contributed by atoms with van der Waals surface area (Å²) in [5.41, 5.74) is 2.26. The SMILES string of the molecule is C[C@]1(c2ccc3c(c2)CCC3)NC(=O)N(CC(=O)c2ccc(F)cc2)C1=O. The molecule has 0 unspecified atom stereocenters. The predicted molar refractivity (Wildman–Crippen MR) is 96.8 cm³/mol. The second-order valence-corrected chi connectivity index (χ2v) is 7.21. The van der Waals surface area contributed by atoms with Gasteiger partial charge in [0.15, 0.2) is 5.78 Å². The Morgan fingerprint density at radius 3 is 2.56 bits per heavy atom. The Labute approximate surface area is 156 Å². The first-order valence-corrected chi connectivity index (χ1v) is 8.93. The van der Waals surface area contributed by atoms with Crippen molar-refractivity contribution in [3.05, 3.63) is 70.5 Å². The number of fused-ring (bicyclic) bond motifs is 1. The third kappa shape index (κ3) is 2.91. The van der Waals surface area contributed by atoms with Crippen molar-refractivity contribution in [3.8, 4) is 0 Å². The highest BCUT2D eigenvalue weighted by atomic mass is 19.1. The molecule has 0 spiro atoms. The van der Waals surface area contributed by atoms with Crippen LogP contribution in [0.2, 0.25) is 0 Å². The van der Waals surface area contributed by atoms with Gasteiger partial charge in [-0.15, -0.1) is 0 Å². The third-order valence-corrected chi connectivity index (χ3v) is 5.42. The van der Waals surface area contributed by atoms with E-state index in [0.29, 0.717) is 0 Å². The quantitative estimate of drug-likeness (QED) is 0.668. The van der Waals surface area contributed by atoms with Crippen molar-refractivity contribution in [1.29, 1.82) is 0 Å². The van der Waals surface area contributed by atoms with Gasteiger partial charge in [0.2, 0.25) is 0 Å². The number of hydrogen-bond donors (Lipinski definition) is 1. The Hall–Kier alpha value is -3.02. The predicted octanol–water partition coefficient (Wildman–Crippen LogP) is 2.96. The largest absolute Gasteiger partial charge is 0.325 e. The van der Waals surface area contributed by atoms with E-state index in [-0.39, 0.29) is 12.1 Å². The fraction of sp³-hybridized carbons (Fsp3) is 0.286. The number of imide groups is 1. The van der Waals surface area contributed by atoms with E-state index in [9.17, 15) is 18.8 Å². The van der Waals surface area contributed by atoms with E-state index >= 15 is 0 Å². The van der Waals surface area contributed by atoms with E-state index in [0.717, 1.165) is 29.7 Å². The molecule has 1 heterocycles. The standard InChI is InChI=1S/C21H19FN2O3/c1-21(16-8-5-13-3-2-4-15(13)11-16)19(26)24(20(27)23-21)12-18(25)14-6-9-17(22)10-7-14/h5-11H,2-4,12H2,1H3,(H,23,27)/t21-/m1/s1. The number of halogens is 1. The smallest absolute Gasteiger partial charge is 0.319 e. The zero-order valence-corrected chi connectivity index (χ0v) is 14.9. The lowest BCUT2D eigenvalue weighted by atomic mass is 9.89. The molecule has 0 radical (unpaired) electrons. The van der Waals surface area contributed by atoms with Gasteiger partial charge in [0.25, 0.3) is 5.91 Å². The van der Waals surface area contributed by atoms with Crippen LogP contribution in [-0.2, 0) is 23.2 Å². The Morgan fingerprint density at radius 1 is 1.11 bits per heavy atom. The minimum absolute atomic E-state index is 0.253. The lowest BCUT2D eigenvalue weighted by Gasteiger charge is -2.23. The number of benzene rings is 2. The van der Waals surface area contributed by atoms with Crippen molar-refractivity contribution in [1.82, 2.24) is 10.2 Å². The van der Waals surface area contributed by atoms with Crippen LogP contribution < -0.4 is 5.32 Å². The number of nitrogens with zero attached hydrogens (tertiary/aromatic N) is 1. The highest BCUT2D eigenvalue weighted by molar-refractivity contribution is 6.11. The molecule has 1 aliphatic heterocycles. The molecule has 2 aromatic carbocycles. The molecule has 2 aromatic rings. The van der Waals surface area contributed by atoms with Gasteiger partial charge in [-0.05, 0) is 67.1 Å². The molecular formula is C21H19FN2O3. The van der Waals surface area contributed by atoms with Gasteiger partial charge < -0.3 is 5.32 Å². The molecule has 4 rings (SSSR count). The number of ketones is 1. The molecule has 2 aliphatic rings. The normalized spacial score (nSPS) is 21.3. The molecule has 27 heavy (non-hydrogen) atoms. The molecule has 0 aromatic heterocycles. The second kappa shape index (κ2) is 6.30. The maximum Gasteiger partial charge on any atom is 0.325 e. The summed E-state index contributed by atoms with van der Waals surface area (Å²) in [6.07, 6.45) is 3.09. The lowest BCUT2D eigenvalue weighted by Crippen LogP contribution is -2.41. The van der Waals surface area contributed by atoms with Gasteiger partial charge in [-0.2, -0.15) is 0 Å². The first-order chi connectivity index (χ1) is 12.9. The summed E-state index contributed by atoms with van der Waals surface area (Å²) in [4.78, 5) is 38.7. The van der Waals surface area contributed by atoms with Crippen molar-refractivity contribution in [2.75, 3.05) is 6.54 Å². The van der Waals surface area contributed by atoms with E-state index in [1.54, 1.807) is 6.92 Å². The zero-order valence-electron chi connectivity index (χ0n) is 14.9. The molecule has 138 valence electrons. The molecule has 3 amide bonds. The summed E-state index contributed by atoms with van der Waals surface area (Å²) in [6.45, 7) is 1.28. The van der Waals surface area contributed by atoms with Crippen LogP contribution in [0.1, 0.15) is 40.4 Å². The number of aryl methyl sites for hydroxylation is 2. The Morgan fingerprint density at radius 2 is 1.81 bits per heavy atom. The third-order valence-electron chi connectivity index (χ3n) is 5.42. The molecule has 1 N–H and O–H groups in total. The van der Waals surface area contributed by atoms with Crippen LogP contribution in [0.15, 0.2) is 42.5 Å². The van der Waals surface area contributed by atoms with Gasteiger partial charge in [-0.25, -0.2) is 9.18 Å². The van der Waals surface area contributed by atoms with Crippen LogP contribution in [0.25, 0.3) is 0 Å². The zero-order chi connectivity index (χ0) is 19.2. The summed E-state index contributed by atoms with van der Waals surface area (Å²) in [5.74, 6) is -1.33. The van der Waals surface area contributed by atoms with Gasteiger partial charge in [0, 0.05) is 5.56 Å². The molecule has 5 nitrogen and oxygen atoms in total. The topological polar surface area (TPSA) is 66.5 Å². The summed E-state index contributed by atoms with van der Waals surface area (Å²) >= 11 is 0. The Balaban J connectivity index is 1.58. The van der Waals surface area contributed by atoms with Gasteiger partial charge in [0.1, 0.15) is 11.4 Å². The molecule has 1 fully saturated rings. The van der Waals surface area contributed by atoms with Crippen molar-refractivity contribution >= 4 is 17.7 Å². The van der Waals surface area contributed by atoms with Gasteiger partial charge in [0.05, 0.1) is 6.54 Å². The molecule has 0 bridgehead atoms. The van der Waals surface area contributed by atoms with E-state index in [1.165, 1.54) is 35.4 Å². The highest BCUT2D eigenvalue weighted by Crippen LogP contribution is 2.32. The summed E-state index contributed by atoms with van der Waals surface area (Å²) in [7, 11) is 0. The van der Waals surface area contributed by atoms with E-state index < -0.39 is 29.1 Å². The number of amides is 3. The number of rotatable bonds is 4. The average Bonchev–Trinajstić information content (AvgIpc) is 3.20. The molecule has 1 atom stereocenters. The average molecular weight is 366 g/mol. The van der Waals surface area contributed by atoms with Crippen LogP contribution >= 0.6 is 0 Å². The van der Waals surface area contributed by atoms with Crippen molar-refractivity contribution in [2.45, 2.75) is 31.7 Å². The van der Waals surface area contributed by atoms with Crippen LogP contribution in [0.3, 0.4) is 0 Å². The fourth-order valence-corrected chi connectivity index (χ4v) is 3.79.